The number of halogens is 2. The molecule has 8 heteroatoms. The molecule has 2 aromatic rings. The molecular formula is C18H22F2N4O2. The molecule has 1 unspecified atom stereocenters. The number of ether oxygens (including phenoxy) is 1. The van der Waals surface area contributed by atoms with Crippen LogP contribution in [0.15, 0.2) is 39.7 Å². The summed E-state index contributed by atoms with van der Waals surface area (Å²) in [5.74, 6) is 0.457. The molecule has 1 aliphatic rings. The molecule has 1 atom stereocenters. The van der Waals surface area contributed by atoms with Crippen molar-refractivity contribution in [2.75, 3.05) is 38.2 Å². The van der Waals surface area contributed by atoms with E-state index in [4.69, 9.17) is 14.9 Å². The number of benzene rings is 1. The average molecular weight is 364 g/mol. The molecule has 3 rings (SSSR count). The lowest BCUT2D eigenvalue weighted by atomic mass is 10.1. The number of rotatable bonds is 5. The molecule has 0 bridgehead atoms. The zero-order valence-electron chi connectivity index (χ0n) is 14.5. The molecule has 1 aliphatic heterocycles. The minimum Gasteiger partial charge on any atom is -0.465 e. The number of aliphatic imine (C=N–C) groups is 1. The van der Waals surface area contributed by atoms with Crippen LogP contribution in [-0.4, -0.2) is 43.7 Å². The Balaban J connectivity index is 1.73. The van der Waals surface area contributed by atoms with Crippen molar-refractivity contribution in [2.45, 2.75) is 13.0 Å². The number of aryl methyl sites for hydroxylation is 1. The van der Waals surface area contributed by atoms with Crippen LogP contribution >= 0.6 is 0 Å². The van der Waals surface area contributed by atoms with Crippen molar-refractivity contribution >= 4 is 11.6 Å². The first-order valence-electron chi connectivity index (χ1n) is 8.43. The van der Waals surface area contributed by atoms with Crippen LogP contribution in [0.25, 0.3) is 0 Å². The summed E-state index contributed by atoms with van der Waals surface area (Å²) in [6, 6.07) is 6.82. The highest BCUT2D eigenvalue weighted by atomic mass is 19.1. The summed E-state index contributed by atoms with van der Waals surface area (Å²) < 4.78 is 38.1. The number of anilines is 1. The maximum Gasteiger partial charge on any atom is 0.193 e. The van der Waals surface area contributed by atoms with Crippen molar-refractivity contribution in [3.63, 3.8) is 0 Å². The van der Waals surface area contributed by atoms with E-state index >= 15 is 0 Å². The maximum absolute atomic E-state index is 13.7. The average Bonchev–Trinajstić information content (AvgIpc) is 3.05. The second-order valence-corrected chi connectivity index (χ2v) is 6.09. The Hall–Kier alpha value is -2.45. The van der Waals surface area contributed by atoms with Gasteiger partial charge in [-0.3, -0.25) is 9.89 Å². The number of morpholine rings is 1. The Morgan fingerprint density at radius 2 is 2.04 bits per heavy atom. The van der Waals surface area contributed by atoms with E-state index in [0.717, 1.165) is 42.8 Å². The third kappa shape index (κ3) is 4.59. The fourth-order valence-corrected chi connectivity index (χ4v) is 2.86. The van der Waals surface area contributed by atoms with Crippen LogP contribution in [0.3, 0.4) is 0 Å². The molecule has 3 N–H and O–H groups in total. The summed E-state index contributed by atoms with van der Waals surface area (Å²) in [6.07, 6.45) is 0. The van der Waals surface area contributed by atoms with Gasteiger partial charge in [0.25, 0.3) is 0 Å². The number of nitrogens with zero attached hydrogens (tertiary/aromatic N) is 2. The Morgan fingerprint density at radius 1 is 1.27 bits per heavy atom. The van der Waals surface area contributed by atoms with Gasteiger partial charge in [0.1, 0.15) is 23.2 Å². The number of nitrogens with two attached hydrogens (primary N) is 1. The topological polar surface area (TPSA) is 76.0 Å². The molecule has 2 heterocycles. The molecule has 0 amide bonds. The van der Waals surface area contributed by atoms with Crippen LogP contribution in [-0.2, 0) is 4.74 Å². The summed E-state index contributed by atoms with van der Waals surface area (Å²) in [6.45, 7) is 5.00. The van der Waals surface area contributed by atoms with E-state index in [1.54, 1.807) is 0 Å². The van der Waals surface area contributed by atoms with E-state index in [2.05, 4.69) is 15.2 Å². The first-order valence-corrected chi connectivity index (χ1v) is 8.43. The van der Waals surface area contributed by atoms with Gasteiger partial charge in [0.15, 0.2) is 5.96 Å². The highest BCUT2D eigenvalue weighted by Gasteiger charge is 2.25. The third-order valence-corrected chi connectivity index (χ3v) is 4.20. The Bertz CT molecular complexity index is 772. The first-order chi connectivity index (χ1) is 12.5. The predicted molar refractivity (Wildman–Crippen MR) is 95.0 cm³/mol. The normalized spacial score (nSPS) is 17.3. The van der Waals surface area contributed by atoms with Gasteiger partial charge in [-0.05, 0) is 31.2 Å². The van der Waals surface area contributed by atoms with Gasteiger partial charge in [-0.15, -0.1) is 0 Å². The van der Waals surface area contributed by atoms with Gasteiger partial charge in [-0.1, -0.05) is 0 Å². The number of hydrogen-bond acceptors (Lipinski definition) is 4. The zero-order chi connectivity index (χ0) is 18.5. The van der Waals surface area contributed by atoms with Crippen molar-refractivity contribution in [3.8, 4) is 0 Å². The van der Waals surface area contributed by atoms with Gasteiger partial charge < -0.3 is 20.2 Å². The van der Waals surface area contributed by atoms with Crippen LogP contribution in [0.1, 0.15) is 17.6 Å². The van der Waals surface area contributed by atoms with Gasteiger partial charge in [0, 0.05) is 19.2 Å². The van der Waals surface area contributed by atoms with E-state index in [-0.39, 0.29) is 17.7 Å². The summed E-state index contributed by atoms with van der Waals surface area (Å²) in [4.78, 5) is 6.51. The smallest absolute Gasteiger partial charge is 0.193 e. The predicted octanol–water partition coefficient (Wildman–Crippen LogP) is 2.67. The number of nitrogens with one attached hydrogen (secondary N) is 1. The molecule has 1 aromatic heterocycles. The number of furan rings is 1. The highest BCUT2D eigenvalue weighted by molar-refractivity contribution is 5.92. The molecule has 0 spiro atoms. The van der Waals surface area contributed by atoms with E-state index < -0.39 is 11.6 Å². The second kappa shape index (κ2) is 8.29. The van der Waals surface area contributed by atoms with Gasteiger partial charge in [0.05, 0.1) is 31.5 Å². The van der Waals surface area contributed by atoms with Crippen molar-refractivity contribution < 1.29 is 17.9 Å². The summed E-state index contributed by atoms with van der Waals surface area (Å²) >= 11 is 0. The van der Waals surface area contributed by atoms with Gasteiger partial charge in [-0.25, -0.2) is 8.78 Å². The van der Waals surface area contributed by atoms with Crippen LogP contribution in [0.4, 0.5) is 14.5 Å². The summed E-state index contributed by atoms with van der Waals surface area (Å²) in [5.41, 5.74) is 5.81. The van der Waals surface area contributed by atoms with Crippen molar-refractivity contribution in [1.29, 1.82) is 0 Å². The molecular weight excluding hydrogens is 342 g/mol. The van der Waals surface area contributed by atoms with E-state index in [1.807, 2.05) is 19.1 Å². The van der Waals surface area contributed by atoms with Crippen LogP contribution < -0.4 is 11.1 Å². The molecule has 1 saturated heterocycles. The summed E-state index contributed by atoms with van der Waals surface area (Å²) in [7, 11) is 0. The second-order valence-electron chi connectivity index (χ2n) is 6.09. The van der Waals surface area contributed by atoms with Crippen LogP contribution in [0.5, 0.6) is 0 Å². The van der Waals surface area contributed by atoms with Crippen LogP contribution in [0, 0.1) is 18.6 Å². The molecule has 0 aliphatic carbocycles. The van der Waals surface area contributed by atoms with Crippen molar-refractivity contribution in [3.05, 3.63) is 53.5 Å². The molecule has 6 nitrogen and oxygen atoms in total. The Labute approximate surface area is 150 Å². The van der Waals surface area contributed by atoms with Crippen LogP contribution in [0.2, 0.25) is 0 Å². The van der Waals surface area contributed by atoms with E-state index in [9.17, 15) is 8.78 Å². The van der Waals surface area contributed by atoms with Crippen molar-refractivity contribution in [1.82, 2.24) is 4.90 Å². The minimum atomic E-state index is -0.601. The van der Waals surface area contributed by atoms with Crippen molar-refractivity contribution in [2.24, 2.45) is 10.7 Å². The lowest BCUT2D eigenvalue weighted by Gasteiger charge is -2.32. The zero-order valence-corrected chi connectivity index (χ0v) is 14.5. The Morgan fingerprint density at radius 3 is 2.73 bits per heavy atom. The fraction of sp³-hybridized carbons (Fsp3) is 0.389. The number of hydrogen-bond donors (Lipinski definition) is 2. The van der Waals surface area contributed by atoms with Gasteiger partial charge in [0.2, 0.25) is 0 Å². The van der Waals surface area contributed by atoms with E-state index in [0.29, 0.717) is 19.8 Å². The quantitative estimate of drug-likeness (QED) is 0.630. The minimum absolute atomic E-state index is 0.0102. The van der Waals surface area contributed by atoms with E-state index in [1.165, 1.54) is 0 Å². The molecule has 1 fully saturated rings. The summed E-state index contributed by atoms with van der Waals surface area (Å²) in [5, 5.41) is 2.60. The molecule has 26 heavy (non-hydrogen) atoms. The standard InChI is InChI=1S/C18H22F2N4O2/c1-12-2-5-17(26-12)16(24-6-8-25-9-7-24)11-22-18(21)23-15-10-13(19)3-4-14(15)20/h2-5,10,16H,6-9,11H2,1H3,(H3,21,22,23). The maximum atomic E-state index is 13.7. The Kier molecular flexibility index (Phi) is 5.85. The SMILES string of the molecule is Cc1ccc(C(CN=C(N)Nc2cc(F)ccc2F)N2CCOCC2)o1. The largest absolute Gasteiger partial charge is 0.465 e. The molecule has 0 radical (unpaired) electrons. The molecule has 140 valence electrons. The van der Waals surface area contributed by atoms with Gasteiger partial charge >= 0.3 is 0 Å². The first kappa shape index (κ1) is 18.3. The molecule has 1 aromatic carbocycles. The van der Waals surface area contributed by atoms with Gasteiger partial charge in [-0.2, -0.15) is 0 Å². The fourth-order valence-electron chi connectivity index (χ4n) is 2.86. The monoisotopic (exact) mass is 364 g/mol. The number of guanidine groups is 1. The third-order valence-electron chi connectivity index (χ3n) is 4.20. The molecule has 0 saturated carbocycles. The lowest BCUT2D eigenvalue weighted by molar-refractivity contribution is 0.0135. The lowest BCUT2D eigenvalue weighted by Crippen LogP contribution is -2.40. The highest BCUT2D eigenvalue weighted by Crippen LogP contribution is 2.24.